The predicted molar refractivity (Wildman–Crippen MR) is 66.1 cm³/mol. The van der Waals surface area contributed by atoms with Gasteiger partial charge in [-0.15, -0.1) is 0 Å². The minimum absolute atomic E-state index is 0.393. The highest BCUT2D eigenvalue weighted by atomic mass is 32.2. The molecular weight excluding hydrogens is 220 g/mol. The molecule has 1 unspecified atom stereocenters. The van der Waals surface area contributed by atoms with Crippen molar-refractivity contribution in [1.82, 2.24) is 0 Å². The second-order valence-electron chi connectivity index (χ2n) is 4.49. The first kappa shape index (κ1) is 12.9. The zero-order valence-electron chi connectivity index (χ0n) is 9.56. The van der Waals surface area contributed by atoms with E-state index in [9.17, 15) is 4.21 Å². The highest BCUT2D eigenvalue weighted by Gasteiger charge is 2.16. The first-order chi connectivity index (χ1) is 7.42. The average Bonchev–Trinajstić information content (AvgIpc) is 2.15. The summed E-state index contributed by atoms with van der Waals surface area (Å²) in [6.07, 6.45) is 0. The SMILES string of the molecule is CC(C)(N)CS(=O)Cc1ccccc1C#N. The zero-order chi connectivity index (χ0) is 12.2. The van der Waals surface area contributed by atoms with Gasteiger partial charge in [-0.05, 0) is 25.5 Å². The maximum Gasteiger partial charge on any atom is 0.0994 e. The summed E-state index contributed by atoms with van der Waals surface area (Å²) in [6, 6.07) is 9.32. The average molecular weight is 236 g/mol. The van der Waals surface area contributed by atoms with Gasteiger partial charge in [-0.25, -0.2) is 0 Å². The molecule has 4 heteroatoms. The standard InChI is InChI=1S/C12H16N2OS/c1-12(2,14)9-16(15)8-11-6-4-3-5-10(11)7-13/h3-6H,8-9,14H2,1-2H3. The Labute approximate surface area is 98.7 Å². The summed E-state index contributed by atoms with van der Waals surface area (Å²) in [5.74, 6) is 0.830. The van der Waals surface area contributed by atoms with Gasteiger partial charge in [0, 0.05) is 27.8 Å². The number of nitriles is 1. The summed E-state index contributed by atoms with van der Waals surface area (Å²) in [5.41, 5.74) is 6.78. The molecule has 86 valence electrons. The molecule has 0 aliphatic heterocycles. The van der Waals surface area contributed by atoms with Gasteiger partial charge in [0.15, 0.2) is 0 Å². The van der Waals surface area contributed by atoms with Crippen molar-refractivity contribution < 1.29 is 4.21 Å². The number of nitrogens with two attached hydrogens (primary N) is 1. The second kappa shape index (κ2) is 5.24. The van der Waals surface area contributed by atoms with Crippen molar-refractivity contribution in [1.29, 1.82) is 5.26 Å². The third-order valence-electron chi connectivity index (χ3n) is 1.99. The van der Waals surface area contributed by atoms with Gasteiger partial charge in [0.1, 0.15) is 0 Å². The summed E-state index contributed by atoms with van der Waals surface area (Å²) in [6.45, 7) is 3.70. The number of hydrogen-bond donors (Lipinski definition) is 1. The lowest BCUT2D eigenvalue weighted by Gasteiger charge is -2.17. The minimum atomic E-state index is -1.03. The van der Waals surface area contributed by atoms with Crippen LogP contribution in [0.3, 0.4) is 0 Å². The first-order valence-electron chi connectivity index (χ1n) is 5.04. The van der Waals surface area contributed by atoms with Crippen LogP contribution in [0.5, 0.6) is 0 Å². The third-order valence-corrected chi connectivity index (χ3v) is 3.69. The van der Waals surface area contributed by atoms with Crippen LogP contribution in [-0.4, -0.2) is 15.5 Å². The largest absolute Gasteiger partial charge is 0.325 e. The molecule has 0 aliphatic carbocycles. The second-order valence-corrected chi connectivity index (χ2v) is 5.94. The van der Waals surface area contributed by atoms with Gasteiger partial charge in [-0.1, -0.05) is 18.2 Å². The Hall–Kier alpha value is -1.18. The van der Waals surface area contributed by atoms with Crippen molar-refractivity contribution in [2.75, 3.05) is 5.75 Å². The zero-order valence-corrected chi connectivity index (χ0v) is 10.4. The van der Waals surface area contributed by atoms with Crippen molar-refractivity contribution in [2.45, 2.75) is 25.1 Å². The fraction of sp³-hybridized carbons (Fsp3) is 0.417. The first-order valence-corrected chi connectivity index (χ1v) is 6.53. The molecule has 0 heterocycles. The van der Waals surface area contributed by atoms with Crippen LogP contribution in [0, 0.1) is 11.3 Å². The molecule has 1 aromatic rings. The van der Waals surface area contributed by atoms with E-state index in [0.717, 1.165) is 5.56 Å². The van der Waals surface area contributed by atoms with E-state index in [1.165, 1.54) is 0 Å². The molecule has 0 fully saturated rings. The lowest BCUT2D eigenvalue weighted by molar-refractivity contribution is 0.577. The van der Waals surface area contributed by atoms with Gasteiger partial charge < -0.3 is 5.73 Å². The normalized spacial score (nSPS) is 13.1. The molecule has 3 nitrogen and oxygen atoms in total. The van der Waals surface area contributed by atoms with Crippen LogP contribution in [0.25, 0.3) is 0 Å². The predicted octanol–water partition coefficient (Wildman–Crippen LogP) is 1.54. The molecule has 1 rings (SSSR count). The summed E-state index contributed by atoms with van der Waals surface area (Å²) >= 11 is 0. The number of hydrogen-bond acceptors (Lipinski definition) is 3. The van der Waals surface area contributed by atoms with Crippen LogP contribution >= 0.6 is 0 Å². The maximum absolute atomic E-state index is 11.8. The van der Waals surface area contributed by atoms with Gasteiger partial charge >= 0.3 is 0 Å². The Morgan fingerprint density at radius 1 is 1.44 bits per heavy atom. The number of nitrogens with zero attached hydrogens (tertiary/aromatic N) is 1. The van der Waals surface area contributed by atoms with Crippen LogP contribution in [-0.2, 0) is 16.6 Å². The van der Waals surface area contributed by atoms with E-state index in [1.807, 2.05) is 26.0 Å². The molecule has 0 saturated carbocycles. The van der Waals surface area contributed by atoms with Gasteiger partial charge in [0.2, 0.25) is 0 Å². The van der Waals surface area contributed by atoms with Crippen LogP contribution in [0.4, 0.5) is 0 Å². The van der Waals surface area contributed by atoms with E-state index in [2.05, 4.69) is 6.07 Å². The van der Waals surface area contributed by atoms with E-state index >= 15 is 0 Å². The van der Waals surface area contributed by atoms with Crippen LogP contribution in [0.15, 0.2) is 24.3 Å². The Bertz CT molecular complexity index is 429. The molecule has 1 atom stereocenters. The summed E-state index contributed by atoms with van der Waals surface area (Å²) < 4.78 is 11.8. The van der Waals surface area contributed by atoms with Crippen molar-refractivity contribution in [3.05, 3.63) is 35.4 Å². The van der Waals surface area contributed by atoms with Gasteiger partial charge in [0.25, 0.3) is 0 Å². The van der Waals surface area contributed by atoms with Gasteiger partial charge in [0.05, 0.1) is 11.6 Å². The van der Waals surface area contributed by atoms with Crippen molar-refractivity contribution >= 4 is 10.8 Å². The monoisotopic (exact) mass is 236 g/mol. The Kier molecular flexibility index (Phi) is 4.22. The molecular formula is C12H16N2OS. The van der Waals surface area contributed by atoms with Crippen LogP contribution < -0.4 is 5.73 Å². The van der Waals surface area contributed by atoms with E-state index in [4.69, 9.17) is 11.0 Å². The van der Waals surface area contributed by atoms with Crippen LogP contribution in [0.1, 0.15) is 25.0 Å². The molecule has 0 aromatic heterocycles. The smallest absolute Gasteiger partial charge is 0.0994 e. The maximum atomic E-state index is 11.8. The highest BCUT2D eigenvalue weighted by Crippen LogP contribution is 2.12. The molecule has 0 aliphatic rings. The molecule has 1 aromatic carbocycles. The Balaban J connectivity index is 2.75. The van der Waals surface area contributed by atoms with Crippen molar-refractivity contribution in [3.8, 4) is 6.07 Å². The summed E-state index contributed by atoms with van der Waals surface area (Å²) in [7, 11) is -1.03. The van der Waals surface area contributed by atoms with E-state index in [0.29, 0.717) is 17.1 Å². The van der Waals surface area contributed by atoms with Gasteiger partial charge in [-0.3, -0.25) is 4.21 Å². The highest BCUT2D eigenvalue weighted by molar-refractivity contribution is 7.84. The Morgan fingerprint density at radius 2 is 2.06 bits per heavy atom. The lowest BCUT2D eigenvalue weighted by Crippen LogP contribution is -2.38. The molecule has 0 bridgehead atoms. The summed E-state index contributed by atoms with van der Waals surface area (Å²) in [5, 5.41) is 8.89. The summed E-state index contributed by atoms with van der Waals surface area (Å²) in [4.78, 5) is 0. The van der Waals surface area contributed by atoms with Crippen LogP contribution in [0.2, 0.25) is 0 Å². The van der Waals surface area contributed by atoms with E-state index < -0.39 is 16.3 Å². The fourth-order valence-corrected chi connectivity index (χ4v) is 2.93. The Morgan fingerprint density at radius 3 is 2.62 bits per heavy atom. The molecule has 0 amide bonds. The van der Waals surface area contributed by atoms with Gasteiger partial charge in [-0.2, -0.15) is 5.26 Å². The minimum Gasteiger partial charge on any atom is -0.325 e. The lowest BCUT2D eigenvalue weighted by atomic mass is 10.1. The molecule has 0 saturated heterocycles. The molecule has 0 spiro atoms. The van der Waals surface area contributed by atoms with Crippen molar-refractivity contribution in [2.24, 2.45) is 5.73 Å². The molecule has 2 N–H and O–H groups in total. The van der Waals surface area contributed by atoms with Crippen molar-refractivity contribution in [3.63, 3.8) is 0 Å². The number of rotatable bonds is 4. The molecule has 0 radical (unpaired) electrons. The van der Waals surface area contributed by atoms with E-state index in [1.54, 1.807) is 12.1 Å². The molecule has 16 heavy (non-hydrogen) atoms. The quantitative estimate of drug-likeness (QED) is 0.862. The topological polar surface area (TPSA) is 66.9 Å². The number of benzene rings is 1. The fourth-order valence-electron chi connectivity index (χ4n) is 1.39. The van der Waals surface area contributed by atoms with E-state index in [-0.39, 0.29) is 0 Å². The third kappa shape index (κ3) is 4.13.